The SMILES string of the molecule is CCCCCCCCCCCC(=O)NCCCCc1ccc(OC(C)(C)CC)cc1OC(C)(C)CC. The lowest BCUT2D eigenvalue weighted by molar-refractivity contribution is -0.121. The maximum Gasteiger partial charge on any atom is 0.219 e. The predicted molar refractivity (Wildman–Crippen MR) is 154 cm³/mol. The van der Waals surface area contributed by atoms with Gasteiger partial charge in [-0.3, -0.25) is 4.79 Å². The van der Waals surface area contributed by atoms with Gasteiger partial charge in [0.25, 0.3) is 0 Å². The first-order chi connectivity index (χ1) is 17.1. The average Bonchev–Trinajstić information content (AvgIpc) is 2.83. The fourth-order valence-electron chi connectivity index (χ4n) is 4.01. The Bertz CT molecular complexity index is 726. The van der Waals surface area contributed by atoms with Crippen molar-refractivity contribution in [1.29, 1.82) is 0 Å². The minimum Gasteiger partial charge on any atom is -0.488 e. The van der Waals surface area contributed by atoms with Gasteiger partial charge in [0, 0.05) is 19.0 Å². The van der Waals surface area contributed by atoms with Crippen molar-refractivity contribution in [2.75, 3.05) is 6.54 Å². The van der Waals surface area contributed by atoms with Crippen LogP contribution in [0.15, 0.2) is 18.2 Å². The van der Waals surface area contributed by atoms with Crippen LogP contribution in [-0.2, 0) is 11.2 Å². The van der Waals surface area contributed by atoms with Crippen LogP contribution in [0.25, 0.3) is 0 Å². The zero-order chi connectivity index (χ0) is 26.9. The van der Waals surface area contributed by atoms with E-state index in [-0.39, 0.29) is 17.1 Å². The molecule has 0 heterocycles. The summed E-state index contributed by atoms with van der Waals surface area (Å²) in [5.41, 5.74) is 0.779. The molecular formula is C32H57NO3. The molecule has 0 spiro atoms. The average molecular weight is 504 g/mol. The zero-order valence-electron chi connectivity index (χ0n) is 24.8. The van der Waals surface area contributed by atoms with E-state index in [1.807, 2.05) is 0 Å². The number of amides is 1. The lowest BCUT2D eigenvalue weighted by Crippen LogP contribution is -2.28. The standard InChI is InChI=1S/C32H57NO3/c1-8-11-12-13-14-15-16-17-18-22-30(34)33-25-20-19-21-27-23-24-28(35-31(4,5)9-2)26-29(27)36-32(6,7)10-3/h23-24,26H,8-22,25H2,1-7H3,(H,33,34). The van der Waals surface area contributed by atoms with E-state index < -0.39 is 0 Å². The van der Waals surface area contributed by atoms with Crippen LogP contribution < -0.4 is 14.8 Å². The molecule has 0 saturated carbocycles. The Morgan fingerprint density at radius 3 is 1.94 bits per heavy atom. The van der Waals surface area contributed by atoms with E-state index in [4.69, 9.17) is 9.47 Å². The summed E-state index contributed by atoms with van der Waals surface area (Å²) in [6.45, 7) is 15.8. The molecule has 0 aromatic heterocycles. The second kappa shape index (κ2) is 17.7. The van der Waals surface area contributed by atoms with Crippen molar-refractivity contribution in [1.82, 2.24) is 5.32 Å². The van der Waals surface area contributed by atoms with Crippen molar-refractivity contribution < 1.29 is 14.3 Å². The van der Waals surface area contributed by atoms with Crippen LogP contribution >= 0.6 is 0 Å². The van der Waals surface area contributed by atoms with Crippen molar-refractivity contribution >= 4 is 5.91 Å². The van der Waals surface area contributed by atoms with Crippen molar-refractivity contribution in [3.05, 3.63) is 23.8 Å². The Hall–Kier alpha value is -1.71. The molecule has 1 amide bonds. The molecule has 0 unspecified atom stereocenters. The summed E-state index contributed by atoms with van der Waals surface area (Å²) in [6, 6.07) is 6.26. The molecule has 0 bridgehead atoms. The fourth-order valence-corrected chi connectivity index (χ4v) is 4.01. The fraction of sp³-hybridized carbons (Fsp3) is 0.781. The summed E-state index contributed by atoms with van der Waals surface area (Å²) in [6.07, 6.45) is 17.0. The smallest absolute Gasteiger partial charge is 0.219 e. The number of aryl methyl sites for hydroxylation is 1. The molecule has 0 fully saturated rings. The number of carbonyl (C=O) groups excluding carboxylic acids is 1. The highest BCUT2D eigenvalue weighted by Gasteiger charge is 2.21. The van der Waals surface area contributed by atoms with Crippen molar-refractivity contribution in [2.45, 2.75) is 156 Å². The van der Waals surface area contributed by atoms with Gasteiger partial charge in [0.05, 0.1) is 0 Å². The number of nitrogens with one attached hydrogen (secondary N) is 1. The highest BCUT2D eigenvalue weighted by Crippen LogP contribution is 2.32. The van der Waals surface area contributed by atoms with Crippen LogP contribution in [0, 0.1) is 0 Å². The molecule has 0 aliphatic rings. The summed E-state index contributed by atoms with van der Waals surface area (Å²) in [5.74, 6) is 1.98. The highest BCUT2D eigenvalue weighted by molar-refractivity contribution is 5.75. The van der Waals surface area contributed by atoms with Gasteiger partial charge in [-0.1, -0.05) is 78.2 Å². The molecule has 0 aliphatic heterocycles. The van der Waals surface area contributed by atoms with Crippen molar-refractivity contribution in [2.24, 2.45) is 0 Å². The van der Waals surface area contributed by atoms with E-state index >= 15 is 0 Å². The van der Waals surface area contributed by atoms with E-state index in [2.05, 4.69) is 72.0 Å². The number of ether oxygens (including phenoxy) is 2. The van der Waals surface area contributed by atoms with Gasteiger partial charge >= 0.3 is 0 Å². The first-order valence-electron chi connectivity index (χ1n) is 14.9. The van der Waals surface area contributed by atoms with Crippen molar-refractivity contribution in [3.63, 3.8) is 0 Å². The number of benzene rings is 1. The number of rotatable bonds is 21. The van der Waals surface area contributed by atoms with E-state index in [1.165, 1.54) is 56.9 Å². The molecule has 4 heteroatoms. The maximum absolute atomic E-state index is 12.2. The summed E-state index contributed by atoms with van der Waals surface area (Å²) in [5, 5.41) is 3.11. The van der Waals surface area contributed by atoms with Gasteiger partial charge in [0.1, 0.15) is 22.7 Å². The van der Waals surface area contributed by atoms with Gasteiger partial charge in [-0.15, -0.1) is 0 Å². The topological polar surface area (TPSA) is 47.6 Å². The van der Waals surface area contributed by atoms with E-state index in [1.54, 1.807) is 0 Å². The molecule has 1 rings (SSSR count). The zero-order valence-corrected chi connectivity index (χ0v) is 24.8. The molecule has 1 aromatic carbocycles. The predicted octanol–water partition coefficient (Wildman–Crippen LogP) is 9.18. The lowest BCUT2D eigenvalue weighted by atomic mass is 10.0. The van der Waals surface area contributed by atoms with Crippen LogP contribution in [0.2, 0.25) is 0 Å². The molecule has 1 N–H and O–H groups in total. The molecule has 0 aliphatic carbocycles. The summed E-state index contributed by atoms with van der Waals surface area (Å²) in [7, 11) is 0. The normalized spacial score (nSPS) is 12.0. The van der Waals surface area contributed by atoms with Gasteiger partial charge in [0.2, 0.25) is 5.91 Å². The Morgan fingerprint density at radius 2 is 1.33 bits per heavy atom. The van der Waals surface area contributed by atoms with Crippen LogP contribution in [-0.4, -0.2) is 23.7 Å². The minimum absolute atomic E-state index is 0.201. The van der Waals surface area contributed by atoms with Gasteiger partial charge in [-0.2, -0.15) is 0 Å². The Balaban J connectivity index is 2.38. The first kappa shape index (κ1) is 32.3. The van der Waals surface area contributed by atoms with Crippen molar-refractivity contribution in [3.8, 4) is 11.5 Å². The molecule has 0 atom stereocenters. The number of hydrogen-bond donors (Lipinski definition) is 1. The largest absolute Gasteiger partial charge is 0.488 e. The third-order valence-electron chi connectivity index (χ3n) is 7.22. The quantitative estimate of drug-likeness (QED) is 0.170. The lowest BCUT2D eigenvalue weighted by Gasteiger charge is -2.29. The third-order valence-corrected chi connectivity index (χ3v) is 7.22. The molecular weight excluding hydrogens is 446 g/mol. The third kappa shape index (κ3) is 14.8. The van der Waals surface area contributed by atoms with Crippen LogP contribution in [0.1, 0.15) is 144 Å². The maximum atomic E-state index is 12.2. The molecule has 208 valence electrons. The van der Waals surface area contributed by atoms with E-state index in [9.17, 15) is 4.79 Å². The number of unbranched alkanes of at least 4 members (excludes halogenated alkanes) is 9. The number of carbonyl (C=O) groups is 1. The second-order valence-corrected chi connectivity index (χ2v) is 11.6. The first-order valence-corrected chi connectivity index (χ1v) is 14.9. The van der Waals surface area contributed by atoms with Crippen LogP contribution in [0.5, 0.6) is 11.5 Å². The minimum atomic E-state index is -0.226. The van der Waals surface area contributed by atoms with Gasteiger partial charge in [0.15, 0.2) is 0 Å². The summed E-state index contributed by atoms with van der Waals surface area (Å²) >= 11 is 0. The monoisotopic (exact) mass is 503 g/mol. The van der Waals surface area contributed by atoms with Gasteiger partial charge in [-0.25, -0.2) is 0 Å². The van der Waals surface area contributed by atoms with Crippen LogP contribution in [0.3, 0.4) is 0 Å². The molecule has 0 saturated heterocycles. The summed E-state index contributed by atoms with van der Waals surface area (Å²) < 4.78 is 12.6. The van der Waals surface area contributed by atoms with E-state index in [0.717, 1.165) is 56.6 Å². The Morgan fingerprint density at radius 1 is 0.750 bits per heavy atom. The Kier molecular flexibility index (Phi) is 15.9. The summed E-state index contributed by atoms with van der Waals surface area (Å²) in [4.78, 5) is 12.2. The Labute approximate surface area is 223 Å². The highest BCUT2D eigenvalue weighted by atomic mass is 16.5. The van der Waals surface area contributed by atoms with Gasteiger partial charge < -0.3 is 14.8 Å². The number of hydrogen-bond acceptors (Lipinski definition) is 3. The van der Waals surface area contributed by atoms with E-state index in [0.29, 0.717) is 6.42 Å². The molecule has 1 aromatic rings. The molecule has 36 heavy (non-hydrogen) atoms. The second-order valence-electron chi connectivity index (χ2n) is 11.6. The molecule has 0 radical (unpaired) electrons. The van der Waals surface area contributed by atoms with Gasteiger partial charge in [-0.05, 0) is 77.8 Å². The molecule has 4 nitrogen and oxygen atoms in total. The van der Waals surface area contributed by atoms with Crippen LogP contribution in [0.4, 0.5) is 0 Å².